The van der Waals surface area contributed by atoms with Crippen LogP contribution in [0.5, 0.6) is 5.75 Å². The van der Waals surface area contributed by atoms with Crippen molar-refractivity contribution in [3.63, 3.8) is 0 Å². The van der Waals surface area contributed by atoms with Gasteiger partial charge in [-0.25, -0.2) is 4.79 Å². The molecule has 6 nitrogen and oxygen atoms in total. The largest absolute Gasteiger partial charge is 0.496 e. The third-order valence-corrected chi connectivity index (χ3v) is 3.15. The Morgan fingerprint density at radius 3 is 2.45 bits per heavy atom. The van der Waals surface area contributed by atoms with E-state index in [9.17, 15) is 9.59 Å². The predicted molar refractivity (Wildman–Crippen MR) is 73.1 cm³/mol. The maximum Gasteiger partial charge on any atom is 0.335 e. The third-order valence-electron chi connectivity index (χ3n) is 3.15. The summed E-state index contributed by atoms with van der Waals surface area (Å²) in [6, 6.07) is 3.92. The molecule has 0 aliphatic heterocycles. The van der Waals surface area contributed by atoms with E-state index in [4.69, 9.17) is 14.9 Å². The van der Waals surface area contributed by atoms with E-state index in [0.717, 1.165) is 0 Å². The molecule has 0 amide bonds. The molecule has 110 valence electrons. The normalized spacial score (nSPS) is 12.2. The smallest absolute Gasteiger partial charge is 0.335 e. The minimum Gasteiger partial charge on any atom is -0.496 e. The quantitative estimate of drug-likeness (QED) is 0.791. The van der Waals surface area contributed by atoms with Crippen molar-refractivity contribution < 1.29 is 24.5 Å². The zero-order valence-corrected chi connectivity index (χ0v) is 11.8. The van der Waals surface area contributed by atoms with Crippen molar-refractivity contribution in [2.45, 2.75) is 25.9 Å². The van der Waals surface area contributed by atoms with Crippen molar-refractivity contribution in [3.05, 3.63) is 29.3 Å². The number of aromatic carboxylic acids is 1. The number of methoxy groups -OCH3 is 1. The molecule has 1 rings (SSSR count). The molecule has 2 N–H and O–H groups in total. The Morgan fingerprint density at radius 1 is 1.35 bits per heavy atom. The lowest BCUT2D eigenvalue weighted by Crippen LogP contribution is -2.37. The number of benzene rings is 1. The highest BCUT2D eigenvalue weighted by Gasteiger charge is 2.21. The van der Waals surface area contributed by atoms with Crippen LogP contribution >= 0.6 is 0 Å². The molecule has 0 aliphatic rings. The molecule has 0 aliphatic carbocycles. The van der Waals surface area contributed by atoms with Gasteiger partial charge in [0.2, 0.25) is 0 Å². The summed E-state index contributed by atoms with van der Waals surface area (Å²) in [4.78, 5) is 23.8. The van der Waals surface area contributed by atoms with Crippen LogP contribution in [0, 0.1) is 0 Å². The van der Waals surface area contributed by atoms with Crippen LogP contribution in [0.25, 0.3) is 0 Å². The lowest BCUT2D eigenvalue weighted by molar-refractivity contribution is -0.143. The van der Waals surface area contributed by atoms with E-state index >= 15 is 0 Å². The van der Waals surface area contributed by atoms with Crippen LogP contribution in [0.15, 0.2) is 18.2 Å². The Balaban J connectivity index is 3.02. The topological polar surface area (TPSA) is 87.1 Å². The van der Waals surface area contributed by atoms with Crippen LogP contribution in [0.3, 0.4) is 0 Å². The van der Waals surface area contributed by atoms with E-state index in [-0.39, 0.29) is 5.56 Å². The summed E-state index contributed by atoms with van der Waals surface area (Å²) in [6.45, 7) is 2.09. The van der Waals surface area contributed by atoms with Gasteiger partial charge in [0.15, 0.2) is 0 Å². The number of hydrogen-bond donors (Lipinski definition) is 2. The lowest BCUT2D eigenvalue weighted by Gasteiger charge is -2.24. The van der Waals surface area contributed by atoms with Gasteiger partial charge in [-0.1, -0.05) is 6.92 Å². The summed E-state index contributed by atoms with van der Waals surface area (Å²) in [7, 11) is 3.18. The molecule has 20 heavy (non-hydrogen) atoms. The van der Waals surface area contributed by atoms with Gasteiger partial charge in [0.1, 0.15) is 11.8 Å². The van der Waals surface area contributed by atoms with E-state index in [0.29, 0.717) is 24.3 Å². The molecular formula is C14H19NO5. The van der Waals surface area contributed by atoms with E-state index in [1.54, 1.807) is 24.9 Å². The van der Waals surface area contributed by atoms with Gasteiger partial charge in [-0.2, -0.15) is 0 Å². The van der Waals surface area contributed by atoms with Crippen LogP contribution in [-0.4, -0.2) is 47.3 Å². The van der Waals surface area contributed by atoms with Crippen molar-refractivity contribution in [2.24, 2.45) is 0 Å². The highest BCUT2D eigenvalue weighted by molar-refractivity contribution is 5.88. The summed E-state index contributed by atoms with van der Waals surface area (Å²) >= 11 is 0. The monoisotopic (exact) mass is 281 g/mol. The first kappa shape index (κ1) is 16.0. The summed E-state index contributed by atoms with van der Waals surface area (Å²) in [5.74, 6) is -1.38. The van der Waals surface area contributed by atoms with Gasteiger partial charge in [-0.05, 0) is 31.7 Å². The molecular weight excluding hydrogens is 262 g/mol. The van der Waals surface area contributed by atoms with E-state index in [1.165, 1.54) is 19.2 Å². The van der Waals surface area contributed by atoms with Gasteiger partial charge in [-0.3, -0.25) is 9.69 Å². The Hall–Kier alpha value is -2.08. The highest BCUT2D eigenvalue weighted by atomic mass is 16.5. The molecule has 1 unspecified atom stereocenters. The van der Waals surface area contributed by atoms with Crippen LogP contribution in [0.4, 0.5) is 0 Å². The first-order valence-corrected chi connectivity index (χ1v) is 6.24. The molecule has 1 atom stereocenters. The molecule has 0 radical (unpaired) electrons. The summed E-state index contributed by atoms with van der Waals surface area (Å²) < 4.78 is 5.19. The van der Waals surface area contributed by atoms with Crippen molar-refractivity contribution in [1.82, 2.24) is 4.90 Å². The molecule has 0 heterocycles. The summed E-state index contributed by atoms with van der Waals surface area (Å²) in [5, 5.41) is 18.1. The lowest BCUT2D eigenvalue weighted by atomic mass is 10.1. The van der Waals surface area contributed by atoms with Gasteiger partial charge < -0.3 is 14.9 Å². The molecule has 0 aromatic heterocycles. The maximum atomic E-state index is 11.1. The number of carboxylic acids is 2. The predicted octanol–water partition coefficient (Wildman–Crippen LogP) is 1.69. The number of carboxylic acid groups (broad SMARTS) is 2. The number of aliphatic carboxylic acids is 1. The Morgan fingerprint density at radius 2 is 2.00 bits per heavy atom. The second-order valence-electron chi connectivity index (χ2n) is 4.51. The number of hydrogen-bond acceptors (Lipinski definition) is 4. The summed E-state index contributed by atoms with van der Waals surface area (Å²) in [6.07, 6.45) is 0.465. The van der Waals surface area contributed by atoms with Crippen molar-refractivity contribution in [3.8, 4) is 5.75 Å². The van der Waals surface area contributed by atoms with Gasteiger partial charge in [0.25, 0.3) is 0 Å². The van der Waals surface area contributed by atoms with E-state index < -0.39 is 18.0 Å². The molecule has 0 saturated carbocycles. The minimum atomic E-state index is -1.03. The molecule has 0 saturated heterocycles. The Labute approximate surface area is 117 Å². The molecule has 0 spiro atoms. The van der Waals surface area contributed by atoms with Crippen LogP contribution < -0.4 is 4.74 Å². The van der Waals surface area contributed by atoms with Crippen molar-refractivity contribution >= 4 is 11.9 Å². The standard InChI is InChI=1S/C14H19NO5/c1-4-11(14(18)19)15(2)8-10-7-9(13(16)17)5-6-12(10)20-3/h5-7,11H,4,8H2,1-3H3,(H,16,17)(H,18,19). The average Bonchev–Trinajstić information content (AvgIpc) is 2.38. The molecule has 0 fully saturated rings. The van der Waals surface area contributed by atoms with Gasteiger partial charge >= 0.3 is 11.9 Å². The zero-order valence-electron chi connectivity index (χ0n) is 11.8. The van der Waals surface area contributed by atoms with Crippen LogP contribution in [-0.2, 0) is 11.3 Å². The number of rotatable bonds is 7. The van der Waals surface area contributed by atoms with Crippen molar-refractivity contribution in [1.29, 1.82) is 0 Å². The Kier molecular flexibility index (Phi) is 5.52. The molecule has 0 bridgehead atoms. The van der Waals surface area contributed by atoms with Crippen molar-refractivity contribution in [2.75, 3.05) is 14.2 Å². The zero-order chi connectivity index (χ0) is 15.3. The Bertz CT molecular complexity index is 500. The van der Waals surface area contributed by atoms with E-state index in [1.807, 2.05) is 0 Å². The SMILES string of the molecule is CCC(C(=O)O)N(C)Cc1cc(C(=O)O)ccc1OC. The first-order chi connectivity index (χ1) is 9.40. The number of nitrogens with zero attached hydrogens (tertiary/aromatic N) is 1. The van der Waals surface area contributed by atoms with E-state index in [2.05, 4.69) is 0 Å². The molecule has 6 heteroatoms. The number of carbonyl (C=O) groups is 2. The van der Waals surface area contributed by atoms with Gasteiger partial charge in [0, 0.05) is 12.1 Å². The fourth-order valence-corrected chi connectivity index (χ4v) is 2.09. The molecule has 1 aromatic rings. The fraction of sp³-hybridized carbons (Fsp3) is 0.429. The minimum absolute atomic E-state index is 0.151. The van der Waals surface area contributed by atoms with Crippen LogP contribution in [0.1, 0.15) is 29.3 Å². The van der Waals surface area contributed by atoms with Gasteiger partial charge in [0.05, 0.1) is 12.7 Å². The number of likely N-dealkylation sites (N-methyl/N-ethyl adjacent to an activating group) is 1. The second kappa shape index (κ2) is 6.91. The van der Waals surface area contributed by atoms with Gasteiger partial charge in [-0.15, -0.1) is 0 Å². The third kappa shape index (κ3) is 3.71. The van der Waals surface area contributed by atoms with Crippen LogP contribution in [0.2, 0.25) is 0 Å². The average molecular weight is 281 g/mol. The first-order valence-electron chi connectivity index (χ1n) is 6.24. The fourth-order valence-electron chi connectivity index (χ4n) is 2.09. The summed E-state index contributed by atoms with van der Waals surface area (Å²) in [5.41, 5.74) is 0.798. The highest BCUT2D eigenvalue weighted by Crippen LogP contribution is 2.22. The second-order valence-corrected chi connectivity index (χ2v) is 4.51. The molecule has 1 aromatic carbocycles. The number of ether oxygens (including phenoxy) is 1. The maximum absolute atomic E-state index is 11.1.